The van der Waals surface area contributed by atoms with Crippen LogP contribution in [0.15, 0.2) is 82.3 Å². The standard InChI is InChI=1S/C25H20IN3O5/c1-32-21-12-16(14-27-29-25(31)22-13-17-7-5-6-10-20(17)34-22)11-19(26)24(21)33-15-23(30)28-18-8-3-2-4-9-18/h2-14H,15H2,1H3,(H,28,30)(H,29,31)/b27-14+. The molecule has 1 aromatic heterocycles. The number of fused-ring (bicyclic) bond motifs is 1. The van der Waals surface area contributed by atoms with Gasteiger partial charge in [-0.2, -0.15) is 5.10 Å². The number of carbonyl (C=O) groups is 2. The van der Waals surface area contributed by atoms with Crippen LogP contribution in [0.4, 0.5) is 5.69 Å². The number of anilines is 1. The van der Waals surface area contributed by atoms with Gasteiger partial charge in [0.1, 0.15) is 5.58 Å². The van der Waals surface area contributed by atoms with Crippen LogP contribution in [0.25, 0.3) is 11.0 Å². The first-order valence-corrected chi connectivity index (χ1v) is 11.3. The average molecular weight is 569 g/mol. The summed E-state index contributed by atoms with van der Waals surface area (Å²) in [4.78, 5) is 24.5. The maximum atomic E-state index is 12.3. The van der Waals surface area contributed by atoms with Crippen molar-refractivity contribution < 1.29 is 23.5 Å². The number of hydrogen-bond acceptors (Lipinski definition) is 6. The summed E-state index contributed by atoms with van der Waals surface area (Å²) >= 11 is 2.09. The lowest BCUT2D eigenvalue weighted by Crippen LogP contribution is -2.20. The zero-order valence-electron chi connectivity index (χ0n) is 18.1. The molecule has 4 aromatic rings. The van der Waals surface area contributed by atoms with Gasteiger partial charge in [-0.05, 0) is 64.6 Å². The minimum Gasteiger partial charge on any atom is -0.493 e. The third-order valence-electron chi connectivity index (χ3n) is 4.69. The van der Waals surface area contributed by atoms with Crippen molar-refractivity contribution in [3.8, 4) is 11.5 Å². The van der Waals surface area contributed by atoms with E-state index in [9.17, 15) is 9.59 Å². The Labute approximate surface area is 209 Å². The summed E-state index contributed by atoms with van der Waals surface area (Å²) in [7, 11) is 1.51. The lowest BCUT2D eigenvalue weighted by Gasteiger charge is -2.13. The largest absolute Gasteiger partial charge is 0.493 e. The Morgan fingerprint density at radius 3 is 2.59 bits per heavy atom. The van der Waals surface area contributed by atoms with Gasteiger partial charge in [-0.1, -0.05) is 36.4 Å². The Balaban J connectivity index is 1.39. The van der Waals surface area contributed by atoms with Crippen molar-refractivity contribution in [1.29, 1.82) is 0 Å². The van der Waals surface area contributed by atoms with Gasteiger partial charge < -0.3 is 19.2 Å². The van der Waals surface area contributed by atoms with Gasteiger partial charge in [0, 0.05) is 11.1 Å². The number of para-hydroxylation sites is 2. The highest BCUT2D eigenvalue weighted by atomic mass is 127. The van der Waals surface area contributed by atoms with Crippen molar-refractivity contribution in [2.45, 2.75) is 0 Å². The van der Waals surface area contributed by atoms with Crippen LogP contribution in [-0.2, 0) is 4.79 Å². The molecule has 0 spiro atoms. The first-order valence-electron chi connectivity index (χ1n) is 10.2. The molecule has 3 aromatic carbocycles. The lowest BCUT2D eigenvalue weighted by atomic mass is 10.2. The summed E-state index contributed by atoms with van der Waals surface area (Å²) in [6, 6.07) is 21.6. The van der Waals surface area contributed by atoms with E-state index in [0.29, 0.717) is 28.3 Å². The van der Waals surface area contributed by atoms with E-state index in [2.05, 4.69) is 38.4 Å². The molecule has 0 saturated carbocycles. The molecular formula is C25H20IN3O5. The Kier molecular flexibility index (Phi) is 7.43. The molecule has 0 atom stereocenters. The SMILES string of the molecule is COc1cc(/C=N/NC(=O)c2cc3ccccc3o2)cc(I)c1OCC(=O)Nc1ccccc1. The number of hydrazone groups is 1. The van der Waals surface area contributed by atoms with Crippen molar-refractivity contribution in [3.63, 3.8) is 0 Å². The molecule has 0 aliphatic carbocycles. The summed E-state index contributed by atoms with van der Waals surface area (Å²) in [6.45, 7) is -0.178. The Bertz CT molecular complexity index is 1320. The fraction of sp³-hybridized carbons (Fsp3) is 0.0800. The number of carbonyl (C=O) groups excluding carboxylic acids is 2. The second-order valence-corrected chi connectivity index (χ2v) is 8.25. The van der Waals surface area contributed by atoms with Gasteiger partial charge in [0.15, 0.2) is 23.9 Å². The molecule has 0 radical (unpaired) electrons. The average Bonchev–Trinajstić information content (AvgIpc) is 3.28. The van der Waals surface area contributed by atoms with Crippen molar-refractivity contribution in [2.75, 3.05) is 19.0 Å². The van der Waals surface area contributed by atoms with E-state index in [1.54, 1.807) is 36.4 Å². The maximum Gasteiger partial charge on any atom is 0.307 e. The molecule has 0 saturated heterocycles. The Hall–Kier alpha value is -3.86. The van der Waals surface area contributed by atoms with E-state index in [-0.39, 0.29) is 18.3 Å². The number of rotatable bonds is 8. The predicted octanol–water partition coefficient (Wildman–Crippen LogP) is 4.83. The van der Waals surface area contributed by atoms with E-state index in [0.717, 1.165) is 8.96 Å². The topological polar surface area (TPSA) is 102 Å². The number of ether oxygens (including phenoxy) is 2. The number of hydrogen-bond donors (Lipinski definition) is 2. The first-order chi connectivity index (χ1) is 16.5. The highest BCUT2D eigenvalue weighted by molar-refractivity contribution is 14.1. The molecule has 0 bridgehead atoms. The minimum atomic E-state index is -0.460. The monoisotopic (exact) mass is 569 g/mol. The van der Waals surface area contributed by atoms with Gasteiger partial charge in [-0.15, -0.1) is 0 Å². The van der Waals surface area contributed by atoms with Crippen LogP contribution < -0.4 is 20.2 Å². The second-order valence-electron chi connectivity index (χ2n) is 7.08. The van der Waals surface area contributed by atoms with E-state index in [4.69, 9.17) is 13.9 Å². The fourth-order valence-electron chi connectivity index (χ4n) is 3.12. The van der Waals surface area contributed by atoms with Gasteiger partial charge in [-0.25, -0.2) is 5.43 Å². The van der Waals surface area contributed by atoms with Gasteiger partial charge in [0.2, 0.25) is 0 Å². The van der Waals surface area contributed by atoms with E-state index in [1.807, 2.05) is 36.4 Å². The van der Waals surface area contributed by atoms with Crippen molar-refractivity contribution in [3.05, 3.63) is 87.7 Å². The van der Waals surface area contributed by atoms with Crippen molar-refractivity contribution in [2.24, 2.45) is 5.10 Å². The third-order valence-corrected chi connectivity index (χ3v) is 5.49. The minimum absolute atomic E-state index is 0.169. The number of nitrogens with zero attached hydrogens (tertiary/aromatic N) is 1. The highest BCUT2D eigenvalue weighted by Crippen LogP contribution is 2.33. The van der Waals surface area contributed by atoms with Gasteiger partial charge in [-0.3, -0.25) is 9.59 Å². The molecule has 4 rings (SSSR count). The van der Waals surface area contributed by atoms with E-state index < -0.39 is 5.91 Å². The summed E-state index contributed by atoms with van der Waals surface area (Å²) in [6.07, 6.45) is 1.48. The molecule has 2 amide bonds. The Morgan fingerprint density at radius 1 is 1.06 bits per heavy atom. The molecule has 34 heavy (non-hydrogen) atoms. The molecule has 172 valence electrons. The number of amides is 2. The molecule has 2 N–H and O–H groups in total. The molecule has 0 aliphatic rings. The van der Waals surface area contributed by atoms with Gasteiger partial charge in [0.05, 0.1) is 16.9 Å². The molecule has 0 unspecified atom stereocenters. The molecule has 9 heteroatoms. The van der Waals surface area contributed by atoms with E-state index in [1.165, 1.54) is 13.3 Å². The summed E-state index contributed by atoms with van der Waals surface area (Å²) in [5, 5.41) is 7.61. The summed E-state index contributed by atoms with van der Waals surface area (Å²) in [5.41, 5.74) is 4.44. The van der Waals surface area contributed by atoms with Crippen LogP contribution >= 0.6 is 22.6 Å². The van der Waals surface area contributed by atoms with Crippen LogP contribution in [-0.4, -0.2) is 31.7 Å². The predicted molar refractivity (Wildman–Crippen MR) is 138 cm³/mol. The highest BCUT2D eigenvalue weighted by Gasteiger charge is 2.14. The summed E-state index contributed by atoms with van der Waals surface area (Å²) < 4.78 is 17.4. The normalized spacial score (nSPS) is 10.9. The van der Waals surface area contributed by atoms with Gasteiger partial charge >= 0.3 is 5.91 Å². The zero-order chi connectivity index (χ0) is 23.9. The number of halogens is 1. The second kappa shape index (κ2) is 10.8. The van der Waals surface area contributed by atoms with Crippen LogP contribution in [0.3, 0.4) is 0 Å². The fourth-order valence-corrected chi connectivity index (χ4v) is 3.91. The number of methoxy groups -OCH3 is 1. The molecule has 0 aliphatic heterocycles. The maximum absolute atomic E-state index is 12.3. The van der Waals surface area contributed by atoms with Crippen LogP contribution in [0, 0.1) is 3.57 Å². The van der Waals surface area contributed by atoms with Crippen LogP contribution in [0.5, 0.6) is 11.5 Å². The molecule has 8 nitrogen and oxygen atoms in total. The van der Waals surface area contributed by atoms with Crippen LogP contribution in [0.2, 0.25) is 0 Å². The van der Waals surface area contributed by atoms with Crippen molar-refractivity contribution >= 4 is 57.3 Å². The molecule has 0 fully saturated rings. The molecular weight excluding hydrogens is 549 g/mol. The lowest BCUT2D eigenvalue weighted by molar-refractivity contribution is -0.118. The number of nitrogens with one attached hydrogen (secondary N) is 2. The summed E-state index contributed by atoms with van der Waals surface area (Å²) in [5.74, 6) is 0.295. The Morgan fingerprint density at radius 2 is 1.82 bits per heavy atom. The van der Waals surface area contributed by atoms with E-state index >= 15 is 0 Å². The smallest absolute Gasteiger partial charge is 0.307 e. The van der Waals surface area contributed by atoms with Crippen LogP contribution in [0.1, 0.15) is 16.1 Å². The van der Waals surface area contributed by atoms with Gasteiger partial charge in [0.25, 0.3) is 5.91 Å². The quantitative estimate of drug-likeness (QED) is 0.180. The molecule has 1 heterocycles. The zero-order valence-corrected chi connectivity index (χ0v) is 20.2. The third kappa shape index (κ3) is 5.73. The number of benzene rings is 3. The number of furan rings is 1. The van der Waals surface area contributed by atoms with Crippen molar-refractivity contribution in [1.82, 2.24) is 5.43 Å². The first kappa shape index (κ1) is 23.3.